The van der Waals surface area contributed by atoms with Gasteiger partial charge in [0.05, 0.1) is 22.7 Å². The maximum Gasteiger partial charge on any atom is 0.416 e. The summed E-state index contributed by atoms with van der Waals surface area (Å²) in [5, 5.41) is 11.5. The van der Waals surface area contributed by atoms with E-state index in [2.05, 4.69) is 15.5 Å². The first-order valence-electron chi connectivity index (χ1n) is 9.47. The molecule has 1 aliphatic heterocycles. The normalized spacial score (nSPS) is 16.5. The molecule has 0 bridgehead atoms. The minimum atomic E-state index is -4.41. The fourth-order valence-electron chi connectivity index (χ4n) is 3.37. The maximum absolute atomic E-state index is 12.8. The third-order valence-electron chi connectivity index (χ3n) is 5.05. The van der Waals surface area contributed by atoms with Gasteiger partial charge >= 0.3 is 6.18 Å². The van der Waals surface area contributed by atoms with Gasteiger partial charge in [-0.25, -0.2) is 8.42 Å². The first-order chi connectivity index (χ1) is 14.7. The minimum Gasteiger partial charge on any atom is -0.293 e. The number of nitrogens with zero attached hydrogens (tertiary/aromatic N) is 6. The lowest BCUT2D eigenvalue weighted by atomic mass is 10.2. The lowest BCUT2D eigenvalue weighted by molar-refractivity contribution is -0.137. The zero-order chi connectivity index (χ0) is 22.1. The van der Waals surface area contributed by atoms with Gasteiger partial charge in [-0.3, -0.25) is 4.90 Å². The van der Waals surface area contributed by atoms with Gasteiger partial charge in [0.25, 0.3) is 0 Å². The van der Waals surface area contributed by atoms with Crippen molar-refractivity contribution in [3.63, 3.8) is 0 Å². The number of piperazine rings is 1. The van der Waals surface area contributed by atoms with E-state index >= 15 is 0 Å². The van der Waals surface area contributed by atoms with Crippen molar-refractivity contribution >= 4 is 10.0 Å². The molecule has 0 spiro atoms. The Labute approximate surface area is 176 Å². The Morgan fingerprint density at radius 3 is 2.16 bits per heavy atom. The second kappa shape index (κ2) is 8.36. The Kier molecular flexibility index (Phi) is 5.77. The quantitative estimate of drug-likeness (QED) is 0.590. The van der Waals surface area contributed by atoms with Crippen molar-refractivity contribution in [2.24, 2.45) is 0 Å². The molecule has 1 fully saturated rings. The van der Waals surface area contributed by atoms with Crippen LogP contribution in [-0.2, 0) is 22.7 Å². The lowest BCUT2D eigenvalue weighted by Gasteiger charge is -2.33. The van der Waals surface area contributed by atoms with Crippen molar-refractivity contribution in [1.82, 2.24) is 29.4 Å². The molecule has 8 nitrogen and oxygen atoms in total. The van der Waals surface area contributed by atoms with E-state index in [1.807, 2.05) is 4.90 Å². The molecule has 0 saturated carbocycles. The van der Waals surface area contributed by atoms with Crippen LogP contribution in [0.4, 0.5) is 13.2 Å². The van der Waals surface area contributed by atoms with Crippen LogP contribution in [0, 0.1) is 0 Å². The SMILES string of the molecule is O=S(=O)(c1ccccc1)N1CCN(Cc2nnnn2-c2ccc(C(F)(F)F)cc2)CC1. The molecule has 12 heteroatoms. The van der Waals surface area contributed by atoms with Crippen LogP contribution in [0.15, 0.2) is 59.5 Å². The van der Waals surface area contributed by atoms with Gasteiger partial charge in [0, 0.05) is 26.2 Å². The molecule has 0 radical (unpaired) electrons. The Morgan fingerprint density at radius 2 is 1.55 bits per heavy atom. The Bertz CT molecular complexity index is 1130. The van der Waals surface area contributed by atoms with Crippen molar-refractivity contribution in [3.8, 4) is 5.69 Å². The molecule has 0 amide bonds. The summed E-state index contributed by atoms with van der Waals surface area (Å²) < 4.78 is 66.6. The summed E-state index contributed by atoms with van der Waals surface area (Å²) in [5.74, 6) is 0.458. The molecule has 0 aliphatic carbocycles. The van der Waals surface area contributed by atoms with Crippen molar-refractivity contribution in [2.45, 2.75) is 17.6 Å². The van der Waals surface area contributed by atoms with Crippen molar-refractivity contribution in [1.29, 1.82) is 0 Å². The van der Waals surface area contributed by atoms with Gasteiger partial charge in [-0.1, -0.05) is 18.2 Å². The second-order valence-electron chi connectivity index (χ2n) is 7.04. The number of hydrogen-bond donors (Lipinski definition) is 0. The minimum absolute atomic E-state index is 0.259. The van der Waals surface area contributed by atoms with Crippen LogP contribution in [0.3, 0.4) is 0 Å². The molecular weight excluding hydrogens is 433 g/mol. The van der Waals surface area contributed by atoms with Gasteiger partial charge in [0.1, 0.15) is 0 Å². The molecule has 164 valence electrons. The van der Waals surface area contributed by atoms with E-state index in [4.69, 9.17) is 0 Å². The molecular formula is C19H19F3N6O2S. The number of alkyl halides is 3. The van der Waals surface area contributed by atoms with Crippen molar-refractivity contribution < 1.29 is 21.6 Å². The highest BCUT2D eigenvalue weighted by Crippen LogP contribution is 2.29. The van der Waals surface area contributed by atoms with E-state index in [0.717, 1.165) is 12.1 Å². The number of rotatable bonds is 5. The van der Waals surface area contributed by atoms with Crippen LogP contribution in [-0.4, -0.2) is 64.0 Å². The zero-order valence-corrected chi connectivity index (χ0v) is 17.1. The monoisotopic (exact) mass is 452 g/mol. The highest BCUT2D eigenvalue weighted by molar-refractivity contribution is 7.89. The molecule has 0 N–H and O–H groups in total. The highest BCUT2D eigenvalue weighted by atomic mass is 32.2. The predicted octanol–water partition coefficient (Wildman–Crippen LogP) is 2.19. The van der Waals surface area contributed by atoms with Gasteiger partial charge in [-0.05, 0) is 46.8 Å². The molecule has 1 aromatic heterocycles. The van der Waals surface area contributed by atoms with Crippen LogP contribution in [0.1, 0.15) is 11.4 Å². The summed E-state index contributed by atoms with van der Waals surface area (Å²) in [5.41, 5.74) is -0.333. The van der Waals surface area contributed by atoms with E-state index in [1.54, 1.807) is 30.3 Å². The average Bonchev–Trinajstić information content (AvgIpc) is 3.22. The standard InChI is InChI=1S/C19H19F3N6O2S/c20-19(21,22)15-6-8-16(9-7-15)28-18(23-24-25-28)14-26-10-12-27(13-11-26)31(29,30)17-4-2-1-3-5-17/h1-9H,10-14H2. The first-order valence-corrected chi connectivity index (χ1v) is 10.9. The average molecular weight is 452 g/mol. The number of hydrogen-bond acceptors (Lipinski definition) is 6. The molecule has 3 aromatic rings. The fourth-order valence-corrected chi connectivity index (χ4v) is 4.81. The Hall–Kier alpha value is -2.83. The first kappa shape index (κ1) is 21.4. The van der Waals surface area contributed by atoms with Crippen LogP contribution < -0.4 is 0 Å². The third kappa shape index (κ3) is 4.60. The number of halogens is 3. The van der Waals surface area contributed by atoms with Gasteiger partial charge in [-0.2, -0.15) is 22.2 Å². The molecule has 4 rings (SSSR count). The highest BCUT2D eigenvalue weighted by Gasteiger charge is 2.31. The van der Waals surface area contributed by atoms with E-state index in [0.29, 0.717) is 44.2 Å². The molecule has 31 heavy (non-hydrogen) atoms. The van der Waals surface area contributed by atoms with Gasteiger partial charge in [0.15, 0.2) is 5.82 Å². The summed E-state index contributed by atoms with van der Waals surface area (Å²) in [4.78, 5) is 2.26. The summed E-state index contributed by atoms with van der Waals surface area (Å²) in [6.45, 7) is 1.93. The lowest BCUT2D eigenvalue weighted by Crippen LogP contribution is -2.48. The van der Waals surface area contributed by atoms with Gasteiger partial charge in [0.2, 0.25) is 10.0 Å². The van der Waals surface area contributed by atoms with Crippen molar-refractivity contribution in [3.05, 3.63) is 66.0 Å². The van der Waals surface area contributed by atoms with E-state index < -0.39 is 21.8 Å². The summed E-state index contributed by atoms with van der Waals surface area (Å²) in [7, 11) is -3.55. The summed E-state index contributed by atoms with van der Waals surface area (Å²) >= 11 is 0. The summed E-state index contributed by atoms with van der Waals surface area (Å²) in [6, 6.07) is 12.9. The van der Waals surface area contributed by atoms with Crippen molar-refractivity contribution in [2.75, 3.05) is 26.2 Å². The molecule has 2 aromatic carbocycles. The molecule has 0 atom stereocenters. The topological polar surface area (TPSA) is 84.2 Å². The van der Waals surface area contributed by atoms with Gasteiger partial charge < -0.3 is 0 Å². The number of sulfonamides is 1. The van der Waals surface area contributed by atoms with Crippen LogP contribution in [0.5, 0.6) is 0 Å². The maximum atomic E-state index is 12.8. The van der Waals surface area contributed by atoms with Crippen LogP contribution in [0.2, 0.25) is 0 Å². The van der Waals surface area contributed by atoms with Gasteiger partial charge in [-0.15, -0.1) is 5.10 Å². The van der Waals surface area contributed by atoms with E-state index in [1.165, 1.54) is 21.1 Å². The van der Waals surface area contributed by atoms with E-state index in [9.17, 15) is 21.6 Å². The Balaban J connectivity index is 1.42. The van der Waals surface area contributed by atoms with E-state index in [-0.39, 0.29) is 4.90 Å². The Morgan fingerprint density at radius 1 is 0.903 bits per heavy atom. The molecule has 2 heterocycles. The summed E-state index contributed by atoms with van der Waals surface area (Å²) in [6.07, 6.45) is -4.41. The smallest absolute Gasteiger partial charge is 0.293 e. The number of aromatic nitrogens is 4. The molecule has 0 unspecified atom stereocenters. The zero-order valence-electron chi connectivity index (χ0n) is 16.3. The number of tetrazole rings is 1. The largest absolute Gasteiger partial charge is 0.416 e. The molecule has 1 aliphatic rings. The number of benzene rings is 2. The fraction of sp³-hybridized carbons (Fsp3) is 0.316. The third-order valence-corrected chi connectivity index (χ3v) is 6.96. The predicted molar refractivity (Wildman–Crippen MR) is 105 cm³/mol. The molecule has 1 saturated heterocycles. The second-order valence-corrected chi connectivity index (χ2v) is 8.98. The van der Waals surface area contributed by atoms with Crippen LogP contribution >= 0.6 is 0 Å². The van der Waals surface area contributed by atoms with Crippen LogP contribution in [0.25, 0.3) is 5.69 Å².